The molecule has 0 unspecified atom stereocenters. The van der Waals surface area contributed by atoms with Gasteiger partial charge in [0.15, 0.2) is 0 Å². The number of amides is 1. The Morgan fingerprint density at radius 3 is 2.42 bits per heavy atom. The molecule has 0 saturated heterocycles. The molecule has 0 aromatic heterocycles. The molecule has 0 bridgehead atoms. The summed E-state index contributed by atoms with van der Waals surface area (Å²) >= 11 is 0. The van der Waals surface area contributed by atoms with Crippen LogP contribution in [0.1, 0.15) is 24.0 Å². The van der Waals surface area contributed by atoms with Crippen LogP contribution < -0.4 is 10.4 Å². The number of nitrogens with zero attached hydrogens (tertiary/aromatic N) is 2. The third-order valence-electron chi connectivity index (χ3n) is 3.43. The Morgan fingerprint density at radius 1 is 1.00 bits per heavy atom. The van der Waals surface area contributed by atoms with Gasteiger partial charge in [0.2, 0.25) is 5.91 Å². The summed E-state index contributed by atoms with van der Waals surface area (Å²) in [5, 5.41) is 21.5. The maximum absolute atomic E-state index is 11.7. The highest BCUT2D eigenvalue weighted by molar-refractivity contribution is 5.93. The fraction of sp³-hybridized carbons (Fsp3) is 0.222. The number of carbonyl (C=O) groups is 2. The molecule has 2 rings (SSSR count). The van der Waals surface area contributed by atoms with Crippen LogP contribution in [-0.4, -0.2) is 11.9 Å². The molecule has 1 amide bonds. The van der Waals surface area contributed by atoms with Gasteiger partial charge in [0, 0.05) is 18.1 Å². The largest absolute Gasteiger partial charge is 0.550 e. The summed E-state index contributed by atoms with van der Waals surface area (Å²) in [6.45, 7) is 3.80. The highest BCUT2D eigenvalue weighted by Crippen LogP contribution is 2.25. The molecule has 6 heteroatoms. The number of carboxylic acids is 1. The third-order valence-corrected chi connectivity index (χ3v) is 3.43. The van der Waals surface area contributed by atoms with Crippen molar-refractivity contribution in [3.8, 4) is 0 Å². The molecule has 0 saturated carbocycles. The second-order valence-corrected chi connectivity index (χ2v) is 5.41. The molecule has 2 aromatic carbocycles. The van der Waals surface area contributed by atoms with Crippen LogP contribution in [0.5, 0.6) is 0 Å². The number of aryl methyl sites for hydroxylation is 2. The van der Waals surface area contributed by atoms with Crippen molar-refractivity contribution in [3.63, 3.8) is 0 Å². The van der Waals surface area contributed by atoms with Crippen molar-refractivity contribution in [2.75, 3.05) is 5.32 Å². The molecule has 0 aliphatic rings. The lowest BCUT2D eigenvalue weighted by Crippen LogP contribution is -2.24. The second kappa shape index (κ2) is 8.01. The number of aliphatic carboxylic acids is 1. The zero-order chi connectivity index (χ0) is 17.5. The van der Waals surface area contributed by atoms with E-state index in [4.69, 9.17) is 0 Å². The van der Waals surface area contributed by atoms with E-state index in [9.17, 15) is 14.7 Å². The lowest BCUT2D eigenvalue weighted by molar-refractivity contribution is -0.305. The van der Waals surface area contributed by atoms with Gasteiger partial charge in [0.25, 0.3) is 0 Å². The number of nitrogens with one attached hydrogen (secondary N) is 1. The highest BCUT2D eigenvalue weighted by atomic mass is 16.4. The van der Waals surface area contributed by atoms with Crippen LogP contribution in [0.4, 0.5) is 17.1 Å². The Morgan fingerprint density at radius 2 is 1.75 bits per heavy atom. The number of hydrogen-bond donors (Lipinski definition) is 1. The SMILES string of the molecule is Cc1ccccc1N=Nc1ccc(NC(=O)CCC(=O)[O-])c(C)c1. The van der Waals surface area contributed by atoms with E-state index in [2.05, 4.69) is 15.5 Å². The van der Waals surface area contributed by atoms with Gasteiger partial charge < -0.3 is 15.2 Å². The minimum Gasteiger partial charge on any atom is -0.550 e. The summed E-state index contributed by atoms with van der Waals surface area (Å²) in [6, 6.07) is 13.0. The first-order valence-electron chi connectivity index (χ1n) is 7.53. The van der Waals surface area contributed by atoms with E-state index in [0.717, 1.165) is 16.8 Å². The minimum absolute atomic E-state index is 0.115. The van der Waals surface area contributed by atoms with Crippen LogP contribution in [0.3, 0.4) is 0 Å². The predicted molar refractivity (Wildman–Crippen MR) is 89.4 cm³/mol. The molecule has 1 N–H and O–H groups in total. The summed E-state index contributed by atoms with van der Waals surface area (Å²) in [6.07, 6.45) is -0.413. The van der Waals surface area contributed by atoms with E-state index in [1.165, 1.54) is 0 Å². The Bertz CT molecular complexity index is 785. The Balaban J connectivity index is 2.05. The molecule has 2 aromatic rings. The second-order valence-electron chi connectivity index (χ2n) is 5.41. The number of carbonyl (C=O) groups excluding carboxylic acids is 2. The third kappa shape index (κ3) is 5.01. The van der Waals surface area contributed by atoms with Gasteiger partial charge in [-0.05, 0) is 55.7 Å². The van der Waals surface area contributed by atoms with Crippen LogP contribution in [0.25, 0.3) is 0 Å². The van der Waals surface area contributed by atoms with Gasteiger partial charge in [0.1, 0.15) is 0 Å². The number of carboxylic acid groups (broad SMARTS) is 1. The first kappa shape index (κ1) is 17.3. The van der Waals surface area contributed by atoms with Crippen molar-refractivity contribution in [2.45, 2.75) is 26.7 Å². The first-order chi connectivity index (χ1) is 11.5. The van der Waals surface area contributed by atoms with Gasteiger partial charge in [-0.1, -0.05) is 18.2 Å². The summed E-state index contributed by atoms with van der Waals surface area (Å²) in [5.41, 5.74) is 3.94. The van der Waals surface area contributed by atoms with Crippen LogP contribution in [0.2, 0.25) is 0 Å². The molecule has 24 heavy (non-hydrogen) atoms. The van der Waals surface area contributed by atoms with Crippen LogP contribution >= 0.6 is 0 Å². The minimum atomic E-state index is -1.24. The van der Waals surface area contributed by atoms with E-state index >= 15 is 0 Å². The molecule has 0 aliphatic heterocycles. The van der Waals surface area contributed by atoms with Crippen LogP contribution in [0, 0.1) is 13.8 Å². The summed E-state index contributed by atoms with van der Waals surface area (Å²) in [7, 11) is 0. The summed E-state index contributed by atoms with van der Waals surface area (Å²) < 4.78 is 0. The molecule has 0 spiro atoms. The molecule has 0 aliphatic carbocycles. The summed E-state index contributed by atoms with van der Waals surface area (Å²) in [5.74, 6) is -1.61. The van der Waals surface area contributed by atoms with Crippen molar-refractivity contribution in [2.24, 2.45) is 10.2 Å². The Labute approximate surface area is 140 Å². The van der Waals surface area contributed by atoms with E-state index in [1.807, 2.05) is 38.1 Å². The normalized spacial score (nSPS) is 10.8. The first-order valence-corrected chi connectivity index (χ1v) is 7.53. The highest BCUT2D eigenvalue weighted by Gasteiger charge is 2.05. The maximum atomic E-state index is 11.7. The van der Waals surface area contributed by atoms with Gasteiger partial charge >= 0.3 is 0 Å². The van der Waals surface area contributed by atoms with Crippen molar-refractivity contribution in [1.82, 2.24) is 0 Å². The molecule has 0 radical (unpaired) electrons. The average molecular weight is 324 g/mol. The van der Waals surface area contributed by atoms with Gasteiger partial charge in [-0.25, -0.2) is 0 Å². The molecule has 6 nitrogen and oxygen atoms in total. The van der Waals surface area contributed by atoms with Gasteiger partial charge in [-0.15, -0.1) is 0 Å². The molecular formula is C18H18N3O3-. The lowest BCUT2D eigenvalue weighted by Gasteiger charge is -2.09. The van der Waals surface area contributed by atoms with Crippen molar-refractivity contribution >= 4 is 28.9 Å². The van der Waals surface area contributed by atoms with Gasteiger partial charge in [-0.3, -0.25) is 4.79 Å². The fourth-order valence-electron chi connectivity index (χ4n) is 2.07. The quantitative estimate of drug-likeness (QED) is 0.827. The molecule has 124 valence electrons. The van der Waals surface area contributed by atoms with Gasteiger partial charge in [0.05, 0.1) is 11.4 Å². The summed E-state index contributed by atoms with van der Waals surface area (Å²) in [4.78, 5) is 22.0. The van der Waals surface area contributed by atoms with E-state index in [0.29, 0.717) is 11.4 Å². The van der Waals surface area contributed by atoms with E-state index < -0.39 is 5.97 Å². The molecular weight excluding hydrogens is 306 g/mol. The monoisotopic (exact) mass is 324 g/mol. The molecule has 0 heterocycles. The predicted octanol–water partition coefficient (Wildman–Crippen LogP) is 3.19. The van der Waals surface area contributed by atoms with Crippen molar-refractivity contribution in [3.05, 3.63) is 53.6 Å². The smallest absolute Gasteiger partial charge is 0.224 e. The van der Waals surface area contributed by atoms with Gasteiger partial charge in [-0.2, -0.15) is 10.2 Å². The van der Waals surface area contributed by atoms with Crippen LogP contribution in [0.15, 0.2) is 52.7 Å². The number of rotatable bonds is 6. The zero-order valence-corrected chi connectivity index (χ0v) is 13.6. The topological polar surface area (TPSA) is 94.0 Å². The van der Waals surface area contributed by atoms with Crippen LogP contribution in [-0.2, 0) is 9.59 Å². The van der Waals surface area contributed by atoms with E-state index in [1.54, 1.807) is 18.2 Å². The maximum Gasteiger partial charge on any atom is 0.224 e. The Hall–Kier alpha value is -3.02. The number of azo groups is 1. The van der Waals surface area contributed by atoms with Crippen molar-refractivity contribution < 1.29 is 14.7 Å². The average Bonchev–Trinajstić information content (AvgIpc) is 2.54. The fourth-order valence-corrected chi connectivity index (χ4v) is 2.07. The number of anilines is 1. The zero-order valence-electron chi connectivity index (χ0n) is 13.6. The molecule has 0 fully saturated rings. The lowest BCUT2D eigenvalue weighted by atomic mass is 10.1. The van der Waals surface area contributed by atoms with E-state index in [-0.39, 0.29) is 18.7 Å². The number of benzene rings is 2. The molecule has 0 atom stereocenters. The van der Waals surface area contributed by atoms with Crippen molar-refractivity contribution in [1.29, 1.82) is 0 Å². The Kier molecular flexibility index (Phi) is 5.78. The standard InChI is InChI=1S/C18H19N3O3/c1-12-5-3-4-6-16(12)21-20-14-7-8-15(13(2)11-14)19-17(22)9-10-18(23)24/h3-8,11H,9-10H2,1-2H3,(H,19,22)(H,23,24)/p-1. The number of hydrogen-bond acceptors (Lipinski definition) is 5.